The predicted molar refractivity (Wildman–Crippen MR) is 60.4 cm³/mol. The molecule has 1 aliphatic heterocycles. The molecule has 1 N–H and O–H groups in total. The number of piperidine rings is 1. The van der Waals surface area contributed by atoms with Crippen LogP contribution in [0.2, 0.25) is 0 Å². The van der Waals surface area contributed by atoms with Crippen LogP contribution in [0.25, 0.3) is 0 Å². The largest absolute Gasteiger partial charge is 0.480 e. The molecule has 92 valence electrons. The Hall–Kier alpha value is -0.610. The molecule has 1 heterocycles. The molecule has 0 radical (unpaired) electrons. The average molecular weight is 227 g/mol. The van der Waals surface area contributed by atoms with Gasteiger partial charge in [-0.25, -0.2) is 0 Å². The van der Waals surface area contributed by atoms with Crippen molar-refractivity contribution in [2.75, 3.05) is 19.7 Å². The van der Waals surface area contributed by atoms with Gasteiger partial charge in [0.15, 0.2) is 0 Å². The summed E-state index contributed by atoms with van der Waals surface area (Å²) < 4.78 is 5.61. The van der Waals surface area contributed by atoms with Crippen LogP contribution >= 0.6 is 0 Å². The second kappa shape index (κ2) is 5.15. The van der Waals surface area contributed by atoms with Gasteiger partial charge >= 0.3 is 5.97 Å². The van der Waals surface area contributed by atoms with Gasteiger partial charge in [-0.3, -0.25) is 9.69 Å². The SMILES string of the molecule is CCOC1CCCN(C(C(=O)O)C2CC2)C1. The van der Waals surface area contributed by atoms with Crippen LogP contribution < -0.4 is 0 Å². The minimum atomic E-state index is -0.653. The lowest BCUT2D eigenvalue weighted by molar-refractivity contribution is -0.146. The first-order valence-corrected chi connectivity index (χ1v) is 6.30. The molecule has 0 aromatic heterocycles. The molecule has 4 nitrogen and oxygen atoms in total. The lowest BCUT2D eigenvalue weighted by atomic mass is 10.0. The lowest BCUT2D eigenvalue weighted by Crippen LogP contribution is -2.49. The van der Waals surface area contributed by atoms with Crippen molar-refractivity contribution in [3.8, 4) is 0 Å². The standard InChI is InChI=1S/C12H21NO3/c1-2-16-10-4-3-7-13(8-10)11(12(14)15)9-5-6-9/h9-11H,2-8H2,1H3,(H,14,15). The molecule has 0 aromatic rings. The molecule has 0 amide bonds. The van der Waals surface area contributed by atoms with Crippen LogP contribution in [0.3, 0.4) is 0 Å². The molecule has 1 saturated carbocycles. The quantitative estimate of drug-likeness (QED) is 0.770. The van der Waals surface area contributed by atoms with Crippen molar-refractivity contribution in [1.82, 2.24) is 4.90 Å². The fraction of sp³-hybridized carbons (Fsp3) is 0.917. The fourth-order valence-corrected chi connectivity index (χ4v) is 2.66. The summed E-state index contributed by atoms with van der Waals surface area (Å²) in [5, 5.41) is 9.27. The van der Waals surface area contributed by atoms with E-state index in [2.05, 4.69) is 4.90 Å². The maximum Gasteiger partial charge on any atom is 0.321 e. The summed E-state index contributed by atoms with van der Waals surface area (Å²) in [7, 11) is 0. The van der Waals surface area contributed by atoms with Crippen LogP contribution in [0.15, 0.2) is 0 Å². The normalized spacial score (nSPS) is 28.9. The third kappa shape index (κ3) is 2.74. The molecule has 1 aliphatic carbocycles. The molecule has 2 unspecified atom stereocenters. The van der Waals surface area contributed by atoms with E-state index in [-0.39, 0.29) is 12.1 Å². The van der Waals surface area contributed by atoms with Gasteiger partial charge in [0.1, 0.15) is 6.04 Å². The predicted octanol–water partition coefficient (Wildman–Crippen LogP) is 1.35. The Morgan fingerprint density at radius 2 is 2.25 bits per heavy atom. The van der Waals surface area contributed by atoms with E-state index in [0.29, 0.717) is 5.92 Å². The third-order valence-corrected chi connectivity index (χ3v) is 3.53. The lowest BCUT2D eigenvalue weighted by Gasteiger charge is -2.36. The monoisotopic (exact) mass is 227 g/mol. The summed E-state index contributed by atoms with van der Waals surface area (Å²) in [5.41, 5.74) is 0. The van der Waals surface area contributed by atoms with Crippen molar-refractivity contribution < 1.29 is 14.6 Å². The molecule has 0 spiro atoms. The van der Waals surface area contributed by atoms with E-state index in [9.17, 15) is 9.90 Å². The number of carboxylic acids is 1. The second-order valence-electron chi connectivity index (χ2n) is 4.84. The van der Waals surface area contributed by atoms with Crippen molar-refractivity contribution in [2.45, 2.75) is 44.8 Å². The molecular weight excluding hydrogens is 206 g/mol. The van der Waals surface area contributed by atoms with Gasteiger partial charge in [0, 0.05) is 13.2 Å². The molecule has 2 rings (SSSR count). The molecular formula is C12H21NO3. The Morgan fingerprint density at radius 3 is 2.81 bits per heavy atom. The highest BCUT2D eigenvalue weighted by atomic mass is 16.5. The van der Waals surface area contributed by atoms with Crippen LogP contribution in [-0.4, -0.2) is 47.8 Å². The van der Waals surface area contributed by atoms with Crippen LogP contribution in [0.4, 0.5) is 0 Å². The Kier molecular flexibility index (Phi) is 3.82. The number of carboxylic acid groups (broad SMARTS) is 1. The zero-order valence-corrected chi connectivity index (χ0v) is 9.89. The molecule has 16 heavy (non-hydrogen) atoms. The number of aliphatic carboxylic acids is 1. The van der Waals surface area contributed by atoms with Crippen molar-refractivity contribution in [1.29, 1.82) is 0 Å². The Balaban J connectivity index is 1.93. The molecule has 2 atom stereocenters. The molecule has 0 bridgehead atoms. The highest BCUT2D eigenvalue weighted by Crippen LogP contribution is 2.36. The van der Waals surface area contributed by atoms with Crippen LogP contribution in [-0.2, 0) is 9.53 Å². The number of rotatable bonds is 5. The summed E-state index contributed by atoms with van der Waals surface area (Å²) in [5.74, 6) is -0.266. The summed E-state index contributed by atoms with van der Waals surface area (Å²) in [6.07, 6.45) is 4.52. The molecule has 0 aromatic carbocycles. The van der Waals surface area contributed by atoms with Gasteiger partial charge in [-0.2, -0.15) is 0 Å². The highest BCUT2D eigenvalue weighted by molar-refractivity contribution is 5.74. The first-order valence-electron chi connectivity index (χ1n) is 6.30. The van der Waals surface area contributed by atoms with E-state index >= 15 is 0 Å². The molecule has 2 aliphatic rings. The maximum atomic E-state index is 11.3. The van der Waals surface area contributed by atoms with Crippen molar-refractivity contribution in [2.24, 2.45) is 5.92 Å². The van der Waals surface area contributed by atoms with Gasteiger partial charge in [0.05, 0.1) is 6.10 Å². The van der Waals surface area contributed by atoms with Gasteiger partial charge in [-0.05, 0) is 45.1 Å². The number of hydrogen-bond donors (Lipinski definition) is 1. The van der Waals surface area contributed by atoms with Gasteiger partial charge in [0.2, 0.25) is 0 Å². The van der Waals surface area contributed by atoms with Crippen LogP contribution in [0.1, 0.15) is 32.6 Å². The van der Waals surface area contributed by atoms with Gasteiger partial charge in [0.25, 0.3) is 0 Å². The molecule has 2 fully saturated rings. The first kappa shape index (κ1) is 11.9. The van der Waals surface area contributed by atoms with Gasteiger partial charge < -0.3 is 9.84 Å². The average Bonchev–Trinajstić information content (AvgIpc) is 3.03. The number of ether oxygens (including phenoxy) is 1. The fourth-order valence-electron chi connectivity index (χ4n) is 2.66. The summed E-state index contributed by atoms with van der Waals surface area (Å²) in [6, 6.07) is -0.261. The van der Waals surface area contributed by atoms with Crippen molar-refractivity contribution in [3.05, 3.63) is 0 Å². The maximum absolute atomic E-state index is 11.3. The number of nitrogens with zero attached hydrogens (tertiary/aromatic N) is 1. The first-order chi connectivity index (χ1) is 7.72. The Labute approximate surface area is 96.6 Å². The van der Waals surface area contributed by atoms with Crippen molar-refractivity contribution in [3.63, 3.8) is 0 Å². The van der Waals surface area contributed by atoms with Gasteiger partial charge in [-0.15, -0.1) is 0 Å². The zero-order valence-electron chi connectivity index (χ0n) is 9.89. The molecule has 4 heteroatoms. The summed E-state index contributed by atoms with van der Waals surface area (Å²) >= 11 is 0. The van der Waals surface area contributed by atoms with E-state index in [1.165, 1.54) is 0 Å². The number of hydrogen-bond acceptors (Lipinski definition) is 3. The smallest absolute Gasteiger partial charge is 0.321 e. The summed E-state index contributed by atoms with van der Waals surface area (Å²) in [4.78, 5) is 13.4. The van der Waals surface area contributed by atoms with E-state index in [1.807, 2.05) is 6.92 Å². The second-order valence-corrected chi connectivity index (χ2v) is 4.84. The third-order valence-electron chi connectivity index (χ3n) is 3.53. The topological polar surface area (TPSA) is 49.8 Å². The molecule has 1 saturated heterocycles. The van der Waals surface area contributed by atoms with Gasteiger partial charge in [-0.1, -0.05) is 0 Å². The van der Waals surface area contributed by atoms with Crippen LogP contribution in [0, 0.1) is 5.92 Å². The minimum Gasteiger partial charge on any atom is -0.480 e. The number of likely N-dealkylation sites (tertiary alicyclic amines) is 1. The number of carbonyl (C=O) groups is 1. The minimum absolute atomic E-state index is 0.236. The van der Waals surface area contributed by atoms with Crippen molar-refractivity contribution >= 4 is 5.97 Å². The summed E-state index contributed by atoms with van der Waals surface area (Å²) in [6.45, 7) is 4.42. The Morgan fingerprint density at radius 1 is 1.50 bits per heavy atom. The van der Waals surface area contributed by atoms with E-state index in [1.54, 1.807) is 0 Å². The van der Waals surface area contributed by atoms with Crippen LogP contribution in [0.5, 0.6) is 0 Å². The van der Waals surface area contributed by atoms with E-state index in [4.69, 9.17) is 4.74 Å². The van der Waals surface area contributed by atoms with E-state index < -0.39 is 5.97 Å². The Bertz CT molecular complexity index is 251. The highest BCUT2D eigenvalue weighted by Gasteiger charge is 2.41. The zero-order chi connectivity index (χ0) is 11.5. The van der Waals surface area contributed by atoms with E-state index in [0.717, 1.165) is 45.4 Å².